The fraction of sp³-hybridized carbons (Fsp3) is 0.167. The number of para-hydroxylation sites is 1. The second kappa shape index (κ2) is 8.30. The molecule has 0 saturated heterocycles. The van der Waals surface area contributed by atoms with Crippen LogP contribution in [-0.2, 0) is 6.54 Å². The molecule has 4 nitrogen and oxygen atoms in total. The van der Waals surface area contributed by atoms with Gasteiger partial charge in [0.25, 0.3) is 0 Å². The van der Waals surface area contributed by atoms with Crippen LogP contribution in [-0.4, -0.2) is 18.2 Å². The number of nitrogens with one attached hydrogen (secondary N) is 1. The molecule has 3 aromatic rings. The van der Waals surface area contributed by atoms with Crippen molar-refractivity contribution in [2.75, 3.05) is 5.32 Å². The molecule has 1 N–H and O–H groups in total. The lowest BCUT2D eigenvalue weighted by molar-refractivity contribution is -0.0539. The highest BCUT2D eigenvalue weighted by atomic mass is 35.5. The first-order chi connectivity index (χ1) is 12.9. The zero-order chi connectivity index (χ0) is 19.4. The summed E-state index contributed by atoms with van der Waals surface area (Å²) in [6, 6.07) is 12.7. The number of rotatable bonds is 7. The molecular weight excluding hydrogens is 388 g/mol. The predicted molar refractivity (Wildman–Crippen MR) is 93.8 cm³/mol. The van der Waals surface area contributed by atoms with Crippen molar-refractivity contribution < 1.29 is 27.0 Å². The number of halogens is 5. The monoisotopic (exact) mass is 400 g/mol. The topological polar surface area (TPSA) is 43.4 Å². The molecule has 27 heavy (non-hydrogen) atoms. The number of ether oxygens (including phenoxy) is 2. The van der Waals surface area contributed by atoms with E-state index in [-0.39, 0.29) is 28.9 Å². The van der Waals surface area contributed by atoms with Crippen molar-refractivity contribution in [1.82, 2.24) is 4.98 Å². The van der Waals surface area contributed by atoms with Gasteiger partial charge in [0.1, 0.15) is 10.9 Å². The van der Waals surface area contributed by atoms with Crippen molar-refractivity contribution in [3.05, 3.63) is 59.2 Å². The van der Waals surface area contributed by atoms with E-state index in [1.54, 1.807) is 0 Å². The van der Waals surface area contributed by atoms with Gasteiger partial charge >= 0.3 is 13.2 Å². The summed E-state index contributed by atoms with van der Waals surface area (Å²) in [5, 5.41) is 4.02. The van der Waals surface area contributed by atoms with Gasteiger partial charge in [-0.05, 0) is 24.3 Å². The summed E-state index contributed by atoms with van der Waals surface area (Å²) < 4.78 is 58.5. The van der Waals surface area contributed by atoms with Crippen LogP contribution in [0, 0.1) is 0 Å². The minimum Gasteiger partial charge on any atom is -0.435 e. The summed E-state index contributed by atoms with van der Waals surface area (Å²) in [7, 11) is 0. The molecule has 3 rings (SSSR count). The zero-order valence-corrected chi connectivity index (χ0v) is 14.4. The minimum atomic E-state index is -3.13. The Kier molecular flexibility index (Phi) is 5.85. The highest BCUT2D eigenvalue weighted by molar-refractivity contribution is 6.30. The van der Waals surface area contributed by atoms with Crippen LogP contribution in [0.2, 0.25) is 5.15 Å². The number of benzene rings is 2. The molecule has 0 unspecified atom stereocenters. The molecule has 0 bridgehead atoms. The molecule has 0 spiro atoms. The minimum absolute atomic E-state index is 0.158. The van der Waals surface area contributed by atoms with Crippen LogP contribution in [0.1, 0.15) is 5.56 Å². The first kappa shape index (κ1) is 19.0. The normalized spacial score (nSPS) is 11.2. The lowest BCUT2D eigenvalue weighted by atomic mass is 10.1. The molecule has 0 aliphatic carbocycles. The first-order valence-electron chi connectivity index (χ1n) is 7.74. The lowest BCUT2D eigenvalue weighted by Crippen LogP contribution is -2.08. The van der Waals surface area contributed by atoms with E-state index in [2.05, 4.69) is 19.8 Å². The fourth-order valence-corrected chi connectivity index (χ4v) is 2.68. The second-order valence-corrected chi connectivity index (χ2v) is 5.76. The quantitative estimate of drug-likeness (QED) is 0.408. The maximum atomic E-state index is 12.6. The summed E-state index contributed by atoms with van der Waals surface area (Å²) in [5.74, 6) is -0.621. The Morgan fingerprint density at radius 3 is 2.44 bits per heavy atom. The lowest BCUT2D eigenvalue weighted by Gasteiger charge is -2.15. The van der Waals surface area contributed by atoms with Crippen molar-refractivity contribution in [3.63, 3.8) is 0 Å². The number of pyridine rings is 1. The van der Waals surface area contributed by atoms with Crippen LogP contribution < -0.4 is 14.8 Å². The first-order valence-corrected chi connectivity index (χ1v) is 8.12. The maximum absolute atomic E-state index is 12.6. The van der Waals surface area contributed by atoms with Gasteiger partial charge in [-0.2, -0.15) is 17.6 Å². The van der Waals surface area contributed by atoms with Crippen LogP contribution >= 0.6 is 11.6 Å². The molecule has 1 aromatic heterocycles. The van der Waals surface area contributed by atoms with E-state index in [1.165, 1.54) is 12.1 Å². The SMILES string of the molecule is FC(F)Oc1ccc(NCc2cc3ccccc3nc2Cl)c(OC(F)F)c1. The molecular formula is C18H13ClF4N2O2. The molecule has 1 heterocycles. The molecule has 0 amide bonds. The Morgan fingerprint density at radius 2 is 1.70 bits per heavy atom. The Bertz CT molecular complexity index is 940. The van der Waals surface area contributed by atoms with Crippen LogP contribution in [0.25, 0.3) is 10.9 Å². The molecule has 0 atom stereocenters. The Morgan fingerprint density at radius 1 is 0.963 bits per heavy atom. The molecule has 0 fully saturated rings. The van der Waals surface area contributed by atoms with Gasteiger partial charge in [-0.15, -0.1) is 0 Å². The zero-order valence-electron chi connectivity index (χ0n) is 13.6. The van der Waals surface area contributed by atoms with Gasteiger partial charge in [0.05, 0.1) is 11.2 Å². The number of alkyl halides is 4. The van der Waals surface area contributed by atoms with Crippen LogP contribution in [0.4, 0.5) is 23.2 Å². The van der Waals surface area contributed by atoms with Gasteiger partial charge in [-0.1, -0.05) is 29.8 Å². The molecule has 142 valence electrons. The van der Waals surface area contributed by atoms with E-state index < -0.39 is 13.2 Å². The third kappa shape index (κ3) is 4.91. The number of anilines is 1. The van der Waals surface area contributed by atoms with Gasteiger partial charge in [0.2, 0.25) is 0 Å². The summed E-state index contributed by atoms with van der Waals surface area (Å²) in [4.78, 5) is 4.28. The van der Waals surface area contributed by atoms with Gasteiger partial charge in [-0.3, -0.25) is 0 Å². The number of aromatic nitrogens is 1. The molecule has 0 saturated carbocycles. The van der Waals surface area contributed by atoms with Crippen molar-refractivity contribution in [3.8, 4) is 11.5 Å². The third-order valence-corrected chi connectivity index (χ3v) is 3.94. The highest BCUT2D eigenvalue weighted by Crippen LogP contribution is 2.32. The smallest absolute Gasteiger partial charge is 0.387 e. The van der Waals surface area contributed by atoms with Gasteiger partial charge in [0, 0.05) is 23.6 Å². The summed E-state index contributed by atoms with van der Waals surface area (Å²) in [5.41, 5.74) is 1.52. The number of nitrogens with zero attached hydrogens (tertiary/aromatic N) is 1. The van der Waals surface area contributed by atoms with E-state index >= 15 is 0 Å². The molecule has 9 heteroatoms. The van der Waals surface area contributed by atoms with E-state index in [4.69, 9.17) is 11.6 Å². The Balaban J connectivity index is 1.83. The molecule has 0 aliphatic rings. The van der Waals surface area contributed by atoms with Crippen molar-refractivity contribution in [2.24, 2.45) is 0 Å². The van der Waals surface area contributed by atoms with E-state index in [0.29, 0.717) is 5.56 Å². The van der Waals surface area contributed by atoms with Crippen molar-refractivity contribution in [1.29, 1.82) is 0 Å². The highest BCUT2D eigenvalue weighted by Gasteiger charge is 2.14. The van der Waals surface area contributed by atoms with Gasteiger partial charge < -0.3 is 14.8 Å². The van der Waals surface area contributed by atoms with Gasteiger partial charge in [-0.25, -0.2) is 4.98 Å². The maximum Gasteiger partial charge on any atom is 0.387 e. The summed E-state index contributed by atoms with van der Waals surface area (Å²) in [6.45, 7) is -6.05. The number of hydrogen-bond donors (Lipinski definition) is 1. The van der Waals surface area contributed by atoms with E-state index in [1.807, 2.05) is 30.3 Å². The molecule has 2 aromatic carbocycles. The average molecular weight is 401 g/mol. The fourth-order valence-electron chi connectivity index (χ4n) is 2.47. The van der Waals surface area contributed by atoms with Crippen molar-refractivity contribution in [2.45, 2.75) is 19.8 Å². The standard InChI is InChI=1S/C18H13ClF4N2O2/c19-16-11(7-10-3-1-2-4-13(10)25-16)9-24-14-6-5-12(26-17(20)21)8-15(14)27-18(22)23/h1-8,17-18,24H,9H2. The van der Waals surface area contributed by atoms with Crippen LogP contribution in [0.15, 0.2) is 48.5 Å². The second-order valence-electron chi connectivity index (χ2n) is 5.40. The van der Waals surface area contributed by atoms with Crippen LogP contribution in [0.3, 0.4) is 0 Å². The summed E-state index contributed by atoms with van der Waals surface area (Å²) in [6.07, 6.45) is 0. The average Bonchev–Trinajstić information content (AvgIpc) is 2.60. The van der Waals surface area contributed by atoms with Crippen LogP contribution in [0.5, 0.6) is 11.5 Å². The van der Waals surface area contributed by atoms with E-state index in [0.717, 1.165) is 17.0 Å². The Labute approximate surface area is 156 Å². The third-order valence-electron chi connectivity index (χ3n) is 3.61. The van der Waals surface area contributed by atoms with Crippen molar-refractivity contribution >= 4 is 28.2 Å². The summed E-state index contributed by atoms with van der Waals surface area (Å²) >= 11 is 6.17. The molecule has 0 radical (unpaired) electrons. The number of hydrogen-bond acceptors (Lipinski definition) is 4. The Hall–Kier alpha value is -2.74. The number of fused-ring (bicyclic) bond motifs is 1. The van der Waals surface area contributed by atoms with Gasteiger partial charge in [0.15, 0.2) is 5.75 Å². The van der Waals surface area contributed by atoms with E-state index in [9.17, 15) is 17.6 Å². The predicted octanol–water partition coefficient (Wildman–Crippen LogP) is 5.70. The molecule has 0 aliphatic heterocycles. The largest absolute Gasteiger partial charge is 0.435 e.